The molecular formula is C16H16N2O3. The first-order chi connectivity index (χ1) is 10.2. The van der Waals surface area contributed by atoms with E-state index in [0.29, 0.717) is 11.6 Å². The summed E-state index contributed by atoms with van der Waals surface area (Å²) in [5, 5.41) is 3.90. The van der Waals surface area contributed by atoms with Crippen LogP contribution in [0.25, 0.3) is 22.5 Å². The van der Waals surface area contributed by atoms with Gasteiger partial charge in [-0.25, -0.2) is 0 Å². The average molecular weight is 284 g/mol. The third kappa shape index (κ3) is 2.27. The van der Waals surface area contributed by atoms with Gasteiger partial charge in [0.1, 0.15) is 11.5 Å². The zero-order chi connectivity index (χ0) is 14.8. The number of methoxy groups -OCH3 is 1. The molecule has 0 saturated heterocycles. The minimum atomic E-state index is 0.349. The van der Waals surface area contributed by atoms with Crippen LogP contribution in [0.2, 0.25) is 0 Å². The average Bonchev–Trinajstić information content (AvgIpc) is 3.13. The number of rotatable bonds is 4. The lowest BCUT2D eigenvalue weighted by Crippen LogP contribution is -1.90. The summed E-state index contributed by atoms with van der Waals surface area (Å²) in [6.45, 7) is 2.02. The first-order valence-electron chi connectivity index (χ1n) is 6.71. The molecule has 21 heavy (non-hydrogen) atoms. The molecule has 0 unspecified atom stereocenters. The Morgan fingerprint density at radius 3 is 2.90 bits per heavy atom. The molecular weight excluding hydrogens is 268 g/mol. The molecule has 3 rings (SSSR count). The predicted octanol–water partition coefficient (Wildman–Crippen LogP) is 3.75. The topological polar surface area (TPSA) is 74.4 Å². The Morgan fingerprint density at radius 1 is 1.29 bits per heavy atom. The molecule has 1 aromatic carbocycles. The molecule has 0 spiro atoms. The van der Waals surface area contributed by atoms with Crippen LogP contribution in [0, 0.1) is 0 Å². The van der Waals surface area contributed by atoms with E-state index in [-0.39, 0.29) is 0 Å². The van der Waals surface area contributed by atoms with Crippen molar-refractivity contribution in [1.29, 1.82) is 0 Å². The van der Waals surface area contributed by atoms with E-state index in [1.807, 2.05) is 37.3 Å². The van der Waals surface area contributed by atoms with Gasteiger partial charge in [0.25, 0.3) is 0 Å². The zero-order valence-corrected chi connectivity index (χ0v) is 11.9. The molecule has 0 bridgehead atoms. The Labute approximate surface area is 122 Å². The molecule has 2 heterocycles. The Bertz CT molecular complexity index is 758. The van der Waals surface area contributed by atoms with Crippen molar-refractivity contribution >= 4 is 5.82 Å². The molecule has 108 valence electrons. The number of hydrogen-bond donors (Lipinski definition) is 1. The molecule has 2 aromatic heterocycles. The highest BCUT2D eigenvalue weighted by molar-refractivity contribution is 5.87. The van der Waals surface area contributed by atoms with Crippen molar-refractivity contribution in [2.24, 2.45) is 0 Å². The zero-order valence-electron chi connectivity index (χ0n) is 11.9. The van der Waals surface area contributed by atoms with Crippen molar-refractivity contribution in [2.45, 2.75) is 13.3 Å². The van der Waals surface area contributed by atoms with Gasteiger partial charge in [0.2, 0.25) is 0 Å². The summed E-state index contributed by atoms with van der Waals surface area (Å²) < 4.78 is 16.2. The highest BCUT2D eigenvalue weighted by Gasteiger charge is 2.21. The van der Waals surface area contributed by atoms with Crippen LogP contribution in [-0.4, -0.2) is 12.3 Å². The normalized spacial score (nSPS) is 10.8. The lowest BCUT2D eigenvalue weighted by atomic mass is 10.0. The minimum Gasteiger partial charge on any atom is -0.497 e. The highest BCUT2D eigenvalue weighted by atomic mass is 16.5. The van der Waals surface area contributed by atoms with Gasteiger partial charge in [-0.3, -0.25) is 0 Å². The molecule has 0 saturated carbocycles. The second-order valence-electron chi connectivity index (χ2n) is 4.61. The third-order valence-corrected chi connectivity index (χ3v) is 3.39. The largest absolute Gasteiger partial charge is 0.497 e. The van der Waals surface area contributed by atoms with Crippen LogP contribution in [-0.2, 0) is 6.42 Å². The summed E-state index contributed by atoms with van der Waals surface area (Å²) in [4.78, 5) is 0. The molecule has 2 N–H and O–H groups in total. The molecule has 5 nitrogen and oxygen atoms in total. The highest BCUT2D eigenvalue weighted by Crippen LogP contribution is 2.39. The van der Waals surface area contributed by atoms with E-state index in [4.69, 9.17) is 19.4 Å². The lowest BCUT2D eigenvalue weighted by molar-refractivity contribution is 0.415. The fourth-order valence-corrected chi connectivity index (χ4v) is 2.36. The summed E-state index contributed by atoms with van der Waals surface area (Å²) >= 11 is 0. The maximum absolute atomic E-state index is 5.99. The summed E-state index contributed by atoms with van der Waals surface area (Å²) in [6.07, 6.45) is 2.41. The van der Waals surface area contributed by atoms with E-state index in [2.05, 4.69) is 5.16 Å². The third-order valence-electron chi connectivity index (χ3n) is 3.39. The van der Waals surface area contributed by atoms with Crippen molar-refractivity contribution in [1.82, 2.24) is 5.16 Å². The van der Waals surface area contributed by atoms with Crippen molar-refractivity contribution in [3.05, 3.63) is 42.4 Å². The standard InChI is InChI=1S/C16H16N2O3/c1-3-13-12(7-8-20-13)15-14(16(17)18-21-15)10-5-4-6-11(9-10)19-2/h4-9H,3H2,1-2H3,(H2,17,18). The molecule has 0 atom stereocenters. The number of furan rings is 1. The maximum atomic E-state index is 5.99. The van der Waals surface area contributed by atoms with Gasteiger partial charge >= 0.3 is 0 Å². The van der Waals surface area contributed by atoms with Crippen molar-refractivity contribution in [3.63, 3.8) is 0 Å². The summed E-state index contributed by atoms with van der Waals surface area (Å²) in [7, 11) is 1.63. The number of nitrogen functional groups attached to an aromatic ring is 1. The second kappa shape index (κ2) is 5.36. The smallest absolute Gasteiger partial charge is 0.180 e. The fraction of sp³-hybridized carbons (Fsp3) is 0.188. The van der Waals surface area contributed by atoms with Gasteiger partial charge in [-0.15, -0.1) is 0 Å². The van der Waals surface area contributed by atoms with Crippen LogP contribution >= 0.6 is 0 Å². The summed E-state index contributed by atoms with van der Waals surface area (Å²) in [5.74, 6) is 2.56. The SMILES string of the molecule is CCc1occc1-c1onc(N)c1-c1cccc(OC)c1. The number of nitrogens with two attached hydrogens (primary N) is 1. The summed E-state index contributed by atoms with van der Waals surface area (Å²) in [6, 6.07) is 9.49. The van der Waals surface area contributed by atoms with Gasteiger partial charge in [-0.05, 0) is 23.8 Å². The van der Waals surface area contributed by atoms with Crippen molar-refractivity contribution in [3.8, 4) is 28.2 Å². The molecule has 0 aliphatic rings. The molecule has 0 fully saturated rings. The van der Waals surface area contributed by atoms with Gasteiger partial charge in [0.15, 0.2) is 11.6 Å². The minimum absolute atomic E-state index is 0.349. The van der Waals surface area contributed by atoms with Crippen molar-refractivity contribution < 1.29 is 13.7 Å². The number of anilines is 1. The van der Waals surface area contributed by atoms with Gasteiger partial charge in [0.05, 0.1) is 24.5 Å². The van der Waals surface area contributed by atoms with E-state index in [9.17, 15) is 0 Å². The molecule has 0 radical (unpaired) electrons. The van der Waals surface area contributed by atoms with Crippen LogP contribution in [0.5, 0.6) is 5.75 Å². The Morgan fingerprint density at radius 2 is 2.14 bits per heavy atom. The molecule has 3 aromatic rings. The lowest BCUT2D eigenvalue weighted by Gasteiger charge is -2.05. The van der Waals surface area contributed by atoms with Crippen LogP contribution in [0.3, 0.4) is 0 Å². The van der Waals surface area contributed by atoms with Crippen LogP contribution in [0.15, 0.2) is 45.5 Å². The Balaban J connectivity index is 2.17. The van der Waals surface area contributed by atoms with E-state index >= 15 is 0 Å². The van der Waals surface area contributed by atoms with Gasteiger partial charge < -0.3 is 19.4 Å². The molecule has 0 aliphatic heterocycles. The van der Waals surface area contributed by atoms with E-state index in [1.165, 1.54) is 0 Å². The number of nitrogens with zero attached hydrogens (tertiary/aromatic N) is 1. The second-order valence-corrected chi connectivity index (χ2v) is 4.61. The first-order valence-corrected chi connectivity index (χ1v) is 6.71. The van der Waals surface area contributed by atoms with E-state index < -0.39 is 0 Å². The first kappa shape index (κ1) is 13.3. The Kier molecular flexibility index (Phi) is 3.39. The number of hydrogen-bond acceptors (Lipinski definition) is 5. The van der Waals surface area contributed by atoms with Crippen LogP contribution in [0.1, 0.15) is 12.7 Å². The molecule has 5 heteroatoms. The van der Waals surface area contributed by atoms with Crippen LogP contribution in [0.4, 0.5) is 5.82 Å². The monoisotopic (exact) mass is 284 g/mol. The summed E-state index contributed by atoms with van der Waals surface area (Å²) in [5.41, 5.74) is 8.51. The predicted molar refractivity (Wildman–Crippen MR) is 80.0 cm³/mol. The van der Waals surface area contributed by atoms with Crippen molar-refractivity contribution in [2.75, 3.05) is 12.8 Å². The number of ether oxygens (including phenoxy) is 1. The van der Waals surface area contributed by atoms with Gasteiger partial charge in [-0.2, -0.15) is 0 Å². The Hall–Kier alpha value is -2.69. The van der Waals surface area contributed by atoms with E-state index in [0.717, 1.165) is 34.6 Å². The fourth-order valence-electron chi connectivity index (χ4n) is 2.36. The quantitative estimate of drug-likeness (QED) is 0.789. The van der Waals surface area contributed by atoms with E-state index in [1.54, 1.807) is 13.4 Å². The maximum Gasteiger partial charge on any atom is 0.180 e. The number of aryl methyl sites for hydroxylation is 1. The van der Waals surface area contributed by atoms with Gasteiger partial charge in [0, 0.05) is 6.42 Å². The molecule has 0 aliphatic carbocycles. The van der Waals surface area contributed by atoms with Crippen LogP contribution < -0.4 is 10.5 Å². The van der Waals surface area contributed by atoms with Gasteiger partial charge in [-0.1, -0.05) is 24.2 Å². The number of benzene rings is 1. The molecule has 0 amide bonds. The number of aromatic nitrogens is 1.